The minimum absolute atomic E-state index is 0.173. The second-order valence-electron chi connectivity index (χ2n) is 6.52. The van der Waals surface area contributed by atoms with Crippen LogP contribution in [0.25, 0.3) is 5.69 Å². The van der Waals surface area contributed by atoms with E-state index in [0.29, 0.717) is 18.0 Å². The molecule has 1 N–H and O–H groups in total. The highest BCUT2D eigenvalue weighted by Crippen LogP contribution is 2.20. The molecular formula is C21H23N3O2. The van der Waals surface area contributed by atoms with E-state index in [0.717, 1.165) is 28.1 Å². The van der Waals surface area contributed by atoms with Gasteiger partial charge in [-0.3, -0.25) is 4.79 Å². The molecular weight excluding hydrogens is 326 g/mol. The van der Waals surface area contributed by atoms with Crippen LogP contribution in [0.4, 0.5) is 5.82 Å². The van der Waals surface area contributed by atoms with E-state index in [1.165, 1.54) is 0 Å². The van der Waals surface area contributed by atoms with E-state index >= 15 is 0 Å². The second kappa shape index (κ2) is 7.54. The zero-order valence-corrected chi connectivity index (χ0v) is 15.5. The van der Waals surface area contributed by atoms with Crippen LogP contribution in [-0.2, 0) is 11.3 Å². The molecule has 0 saturated heterocycles. The topological polar surface area (TPSA) is 56.1 Å². The van der Waals surface area contributed by atoms with E-state index in [4.69, 9.17) is 4.74 Å². The van der Waals surface area contributed by atoms with Crippen LogP contribution < -0.4 is 5.32 Å². The smallest absolute Gasteiger partial charge is 0.256 e. The molecule has 3 rings (SSSR count). The molecule has 0 aliphatic carbocycles. The number of aromatic nitrogens is 2. The lowest BCUT2D eigenvalue weighted by Gasteiger charge is -2.11. The maximum absolute atomic E-state index is 12.7. The van der Waals surface area contributed by atoms with Gasteiger partial charge in [0.2, 0.25) is 0 Å². The minimum atomic E-state index is -0.173. The summed E-state index contributed by atoms with van der Waals surface area (Å²) in [6.45, 7) is 6.48. The zero-order chi connectivity index (χ0) is 18.7. The number of amides is 1. The van der Waals surface area contributed by atoms with Crippen molar-refractivity contribution in [3.05, 3.63) is 76.5 Å². The van der Waals surface area contributed by atoms with E-state index < -0.39 is 0 Å². The summed E-state index contributed by atoms with van der Waals surface area (Å²) in [5.41, 5.74) is 5.62. The third-order valence-corrected chi connectivity index (χ3v) is 4.02. The van der Waals surface area contributed by atoms with Crippen molar-refractivity contribution in [2.24, 2.45) is 0 Å². The van der Waals surface area contributed by atoms with Gasteiger partial charge in [0.25, 0.3) is 5.91 Å². The summed E-state index contributed by atoms with van der Waals surface area (Å²) in [7, 11) is 1.64. The van der Waals surface area contributed by atoms with Gasteiger partial charge in [-0.1, -0.05) is 18.2 Å². The number of ether oxygens (including phenoxy) is 1. The van der Waals surface area contributed by atoms with Crippen molar-refractivity contribution in [1.29, 1.82) is 0 Å². The van der Waals surface area contributed by atoms with Crippen molar-refractivity contribution in [2.45, 2.75) is 27.4 Å². The Kier molecular flexibility index (Phi) is 5.19. The molecule has 134 valence electrons. The number of anilines is 1. The monoisotopic (exact) mass is 349 g/mol. The first-order chi connectivity index (χ1) is 12.5. The minimum Gasteiger partial charge on any atom is -0.380 e. The van der Waals surface area contributed by atoms with Crippen molar-refractivity contribution >= 4 is 11.7 Å². The van der Waals surface area contributed by atoms with Crippen LogP contribution in [0.2, 0.25) is 0 Å². The second-order valence-corrected chi connectivity index (χ2v) is 6.52. The zero-order valence-electron chi connectivity index (χ0n) is 15.5. The van der Waals surface area contributed by atoms with Crippen LogP contribution in [0.1, 0.15) is 32.7 Å². The maximum atomic E-state index is 12.7. The first-order valence-corrected chi connectivity index (χ1v) is 8.51. The molecule has 0 spiro atoms. The average Bonchev–Trinajstić information content (AvgIpc) is 2.95. The molecule has 0 bridgehead atoms. The van der Waals surface area contributed by atoms with Crippen molar-refractivity contribution in [3.63, 3.8) is 0 Å². The number of carbonyl (C=O) groups is 1. The van der Waals surface area contributed by atoms with Crippen LogP contribution in [0.3, 0.4) is 0 Å². The molecule has 0 radical (unpaired) electrons. The highest BCUT2D eigenvalue weighted by atomic mass is 16.5. The normalized spacial score (nSPS) is 10.8. The number of rotatable bonds is 5. The molecule has 0 atom stereocenters. The van der Waals surface area contributed by atoms with E-state index in [-0.39, 0.29) is 5.91 Å². The van der Waals surface area contributed by atoms with E-state index in [1.807, 2.05) is 57.2 Å². The molecule has 26 heavy (non-hydrogen) atoms. The third-order valence-electron chi connectivity index (χ3n) is 4.02. The lowest BCUT2D eigenvalue weighted by Crippen LogP contribution is -2.15. The molecule has 2 aromatic carbocycles. The van der Waals surface area contributed by atoms with Gasteiger partial charge in [-0.2, -0.15) is 5.10 Å². The van der Waals surface area contributed by atoms with Gasteiger partial charge in [0, 0.05) is 18.7 Å². The third kappa shape index (κ3) is 4.00. The number of carbonyl (C=O) groups excluding carboxylic acids is 1. The van der Waals surface area contributed by atoms with Gasteiger partial charge < -0.3 is 10.1 Å². The Morgan fingerprint density at radius 1 is 1.08 bits per heavy atom. The van der Waals surface area contributed by atoms with Crippen LogP contribution in [-0.4, -0.2) is 22.8 Å². The summed E-state index contributed by atoms with van der Waals surface area (Å²) in [6, 6.07) is 15.5. The highest BCUT2D eigenvalue weighted by molar-refractivity contribution is 6.04. The predicted molar refractivity (Wildman–Crippen MR) is 103 cm³/mol. The van der Waals surface area contributed by atoms with Gasteiger partial charge in [-0.15, -0.1) is 0 Å². The molecule has 1 aromatic heterocycles. The van der Waals surface area contributed by atoms with Crippen molar-refractivity contribution < 1.29 is 9.53 Å². The summed E-state index contributed by atoms with van der Waals surface area (Å²) in [6.07, 6.45) is 0. The predicted octanol–water partition coefficient (Wildman–Crippen LogP) is 4.20. The number of methoxy groups -OCH3 is 1. The molecule has 1 amide bonds. The molecule has 1 heterocycles. The van der Waals surface area contributed by atoms with Crippen molar-refractivity contribution in [3.8, 4) is 5.69 Å². The summed E-state index contributed by atoms with van der Waals surface area (Å²) in [5.74, 6) is 0.475. The van der Waals surface area contributed by atoms with Crippen molar-refractivity contribution in [2.75, 3.05) is 12.4 Å². The highest BCUT2D eigenvalue weighted by Gasteiger charge is 2.13. The quantitative estimate of drug-likeness (QED) is 0.751. The van der Waals surface area contributed by atoms with Gasteiger partial charge in [0.1, 0.15) is 5.82 Å². The van der Waals surface area contributed by atoms with Crippen molar-refractivity contribution in [1.82, 2.24) is 9.78 Å². The molecule has 0 unspecified atom stereocenters. The first-order valence-electron chi connectivity index (χ1n) is 8.51. The van der Waals surface area contributed by atoms with Crippen LogP contribution in [0.15, 0.2) is 48.5 Å². The summed E-state index contributed by atoms with van der Waals surface area (Å²) >= 11 is 0. The largest absolute Gasteiger partial charge is 0.380 e. The van der Waals surface area contributed by atoms with Gasteiger partial charge >= 0.3 is 0 Å². The Labute approximate surface area is 153 Å². The molecule has 5 heteroatoms. The van der Waals surface area contributed by atoms with Gasteiger partial charge in [-0.05, 0) is 61.7 Å². The van der Waals surface area contributed by atoms with E-state index in [1.54, 1.807) is 17.9 Å². The fourth-order valence-corrected chi connectivity index (χ4v) is 3.02. The Balaban J connectivity index is 1.91. The maximum Gasteiger partial charge on any atom is 0.256 e. The van der Waals surface area contributed by atoms with Gasteiger partial charge in [0.15, 0.2) is 0 Å². The molecule has 3 aromatic rings. The van der Waals surface area contributed by atoms with Crippen LogP contribution >= 0.6 is 0 Å². The van der Waals surface area contributed by atoms with E-state index in [2.05, 4.69) is 16.5 Å². The summed E-state index contributed by atoms with van der Waals surface area (Å²) < 4.78 is 6.91. The number of aryl methyl sites for hydroxylation is 3. The number of nitrogens with zero attached hydrogens (tertiary/aromatic N) is 2. The van der Waals surface area contributed by atoms with Gasteiger partial charge in [-0.25, -0.2) is 4.68 Å². The van der Waals surface area contributed by atoms with Gasteiger partial charge in [0.05, 0.1) is 18.0 Å². The molecule has 0 aliphatic heterocycles. The Bertz CT molecular complexity index is 924. The molecule has 0 fully saturated rings. The fourth-order valence-electron chi connectivity index (χ4n) is 3.02. The number of hydrogen-bond acceptors (Lipinski definition) is 3. The number of nitrogens with one attached hydrogen (secondary N) is 1. The number of hydrogen-bond donors (Lipinski definition) is 1. The van der Waals surface area contributed by atoms with E-state index in [9.17, 15) is 4.79 Å². The fraction of sp³-hybridized carbons (Fsp3) is 0.238. The standard InChI is InChI=1S/C21H23N3O2/c1-14-8-15(2)10-19(9-14)24-20(11-16(3)23-24)22-21(25)18-7-5-6-17(12-18)13-26-4/h5-12H,13H2,1-4H3,(H,22,25). The lowest BCUT2D eigenvalue weighted by atomic mass is 10.1. The summed E-state index contributed by atoms with van der Waals surface area (Å²) in [4.78, 5) is 12.7. The SMILES string of the molecule is COCc1cccc(C(=O)Nc2cc(C)nn2-c2cc(C)cc(C)c2)c1. The molecule has 0 saturated carbocycles. The lowest BCUT2D eigenvalue weighted by molar-refractivity contribution is 0.102. The van der Waals surface area contributed by atoms with Crippen LogP contribution in [0, 0.1) is 20.8 Å². The Hall–Kier alpha value is -2.92. The Morgan fingerprint density at radius 3 is 2.50 bits per heavy atom. The molecule has 0 aliphatic rings. The average molecular weight is 349 g/mol. The Morgan fingerprint density at radius 2 is 1.81 bits per heavy atom. The van der Waals surface area contributed by atoms with Crippen LogP contribution in [0.5, 0.6) is 0 Å². The first kappa shape index (κ1) is 17.9. The molecule has 5 nitrogen and oxygen atoms in total. The number of benzene rings is 2. The summed E-state index contributed by atoms with van der Waals surface area (Å²) in [5, 5.41) is 7.51.